The number of para-hydroxylation sites is 1. The lowest BCUT2D eigenvalue weighted by Crippen LogP contribution is -2.38. The van der Waals surface area contributed by atoms with Crippen molar-refractivity contribution < 1.29 is 17.9 Å². The molecule has 0 radical (unpaired) electrons. The maximum Gasteiger partial charge on any atom is 0.264 e. The van der Waals surface area contributed by atoms with Gasteiger partial charge in [0.1, 0.15) is 18.0 Å². The highest BCUT2D eigenvalue weighted by atomic mass is 32.2. The van der Waals surface area contributed by atoms with Gasteiger partial charge in [0, 0.05) is 5.69 Å². The van der Waals surface area contributed by atoms with Crippen LogP contribution in [0.15, 0.2) is 108 Å². The fourth-order valence-corrected chi connectivity index (χ4v) is 5.09. The molecule has 0 unspecified atom stereocenters. The van der Waals surface area contributed by atoms with E-state index < -0.39 is 15.9 Å². The molecule has 0 atom stereocenters. The number of nitrogens with one attached hydrogen (secondary N) is 1. The van der Waals surface area contributed by atoms with Crippen LogP contribution >= 0.6 is 0 Å². The van der Waals surface area contributed by atoms with Gasteiger partial charge in [-0.2, -0.15) is 0 Å². The molecule has 178 valence electrons. The van der Waals surface area contributed by atoms with Crippen LogP contribution in [0.2, 0.25) is 0 Å². The number of nitrogens with zero attached hydrogens (tertiary/aromatic N) is 1. The standard InChI is InChI=1S/C28H26N2O4S/c1-21-10-9-15-27(22(21)2)30(35(32,33)26-13-7-4-8-14-26)20-28(31)29-23-16-18-25(19-17-23)34-24-11-5-3-6-12-24/h3-19H,20H2,1-2H3,(H,29,31). The first-order valence-electron chi connectivity index (χ1n) is 11.1. The summed E-state index contributed by atoms with van der Waals surface area (Å²) in [4.78, 5) is 13.1. The van der Waals surface area contributed by atoms with E-state index in [9.17, 15) is 13.2 Å². The number of sulfonamides is 1. The van der Waals surface area contributed by atoms with E-state index in [1.807, 2.05) is 50.2 Å². The second-order valence-corrected chi connectivity index (χ2v) is 9.89. The van der Waals surface area contributed by atoms with E-state index >= 15 is 0 Å². The van der Waals surface area contributed by atoms with Gasteiger partial charge in [-0.3, -0.25) is 9.10 Å². The molecule has 0 heterocycles. The summed E-state index contributed by atoms with van der Waals surface area (Å²) in [6.07, 6.45) is 0. The summed E-state index contributed by atoms with van der Waals surface area (Å²) in [5.41, 5.74) is 2.73. The van der Waals surface area contributed by atoms with Gasteiger partial charge in [-0.05, 0) is 79.6 Å². The number of benzene rings is 4. The molecular formula is C28H26N2O4S. The maximum atomic E-state index is 13.5. The van der Waals surface area contributed by atoms with Gasteiger partial charge in [-0.1, -0.05) is 48.5 Å². The Hall–Kier alpha value is -4.10. The predicted molar refractivity (Wildman–Crippen MR) is 138 cm³/mol. The predicted octanol–water partition coefficient (Wildman–Crippen LogP) is 5.93. The zero-order chi connectivity index (χ0) is 24.8. The molecule has 0 aliphatic rings. The lowest BCUT2D eigenvalue weighted by atomic mass is 10.1. The molecule has 0 spiro atoms. The van der Waals surface area contributed by atoms with E-state index in [0.717, 1.165) is 15.4 Å². The van der Waals surface area contributed by atoms with Crippen LogP contribution in [-0.4, -0.2) is 20.9 Å². The van der Waals surface area contributed by atoms with Crippen molar-refractivity contribution in [3.05, 3.63) is 114 Å². The van der Waals surface area contributed by atoms with Crippen LogP contribution < -0.4 is 14.4 Å². The molecule has 1 N–H and O–H groups in total. The van der Waals surface area contributed by atoms with Gasteiger partial charge in [0.2, 0.25) is 5.91 Å². The minimum absolute atomic E-state index is 0.121. The SMILES string of the molecule is Cc1cccc(N(CC(=O)Nc2ccc(Oc3ccccc3)cc2)S(=O)(=O)c2ccccc2)c1C. The quantitative estimate of drug-likeness (QED) is 0.335. The first kappa shape index (κ1) is 24.0. The first-order valence-corrected chi connectivity index (χ1v) is 12.6. The molecule has 6 nitrogen and oxygen atoms in total. The van der Waals surface area contributed by atoms with Crippen molar-refractivity contribution in [2.45, 2.75) is 18.7 Å². The summed E-state index contributed by atoms with van der Waals surface area (Å²) < 4.78 is 34.0. The van der Waals surface area contributed by atoms with E-state index in [1.54, 1.807) is 54.6 Å². The number of ether oxygens (including phenoxy) is 1. The lowest BCUT2D eigenvalue weighted by Gasteiger charge is -2.26. The van der Waals surface area contributed by atoms with Gasteiger partial charge >= 0.3 is 0 Å². The van der Waals surface area contributed by atoms with E-state index in [1.165, 1.54) is 12.1 Å². The van der Waals surface area contributed by atoms with Gasteiger partial charge in [0.05, 0.1) is 10.6 Å². The van der Waals surface area contributed by atoms with Gasteiger partial charge in [-0.25, -0.2) is 8.42 Å². The third-order valence-corrected chi connectivity index (χ3v) is 7.35. The number of hydrogen-bond donors (Lipinski definition) is 1. The summed E-state index contributed by atoms with van der Waals surface area (Å²) >= 11 is 0. The Kier molecular flexibility index (Phi) is 7.17. The average Bonchev–Trinajstić information content (AvgIpc) is 2.87. The number of carbonyl (C=O) groups excluding carboxylic acids is 1. The maximum absolute atomic E-state index is 13.5. The van der Waals surface area contributed by atoms with Gasteiger partial charge in [0.15, 0.2) is 0 Å². The molecule has 4 rings (SSSR count). The van der Waals surface area contributed by atoms with Crippen LogP contribution in [0, 0.1) is 13.8 Å². The lowest BCUT2D eigenvalue weighted by molar-refractivity contribution is -0.114. The van der Waals surface area contributed by atoms with Crippen LogP contribution in [0.1, 0.15) is 11.1 Å². The first-order chi connectivity index (χ1) is 16.8. The number of rotatable bonds is 8. The third kappa shape index (κ3) is 5.70. The average molecular weight is 487 g/mol. The Bertz CT molecular complexity index is 1400. The smallest absolute Gasteiger partial charge is 0.264 e. The van der Waals surface area contributed by atoms with Crippen LogP contribution in [0.3, 0.4) is 0 Å². The van der Waals surface area contributed by atoms with E-state index in [2.05, 4.69) is 5.32 Å². The Balaban J connectivity index is 1.55. The summed E-state index contributed by atoms with van der Waals surface area (Å²) in [5, 5.41) is 2.79. The molecule has 0 bridgehead atoms. The van der Waals surface area contributed by atoms with Gasteiger partial charge < -0.3 is 10.1 Å². The van der Waals surface area contributed by atoms with Crippen LogP contribution in [0.4, 0.5) is 11.4 Å². The Morgan fingerprint density at radius 3 is 2.03 bits per heavy atom. The van der Waals surface area contributed by atoms with Crippen molar-refractivity contribution >= 4 is 27.3 Å². The van der Waals surface area contributed by atoms with E-state index in [-0.39, 0.29) is 11.4 Å². The molecule has 7 heteroatoms. The summed E-state index contributed by atoms with van der Waals surface area (Å²) in [5.74, 6) is 0.875. The summed E-state index contributed by atoms with van der Waals surface area (Å²) in [6.45, 7) is 3.39. The van der Waals surface area contributed by atoms with Crippen LogP contribution in [0.5, 0.6) is 11.5 Å². The van der Waals surface area contributed by atoms with Crippen molar-refractivity contribution in [3.63, 3.8) is 0 Å². The molecule has 0 saturated carbocycles. The van der Waals surface area contributed by atoms with Crippen molar-refractivity contribution in [1.29, 1.82) is 0 Å². The number of anilines is 2. The highest BCUT2D eigenvalue weighted by Crippen LogP contribution is 2.29. The van der Waals surface area contributed by atoms with Gasteiger partial charge in [-0.15, -0.1) is 0 Å². The number of aryl methyl sites for hydroxylation is 1. The second-order valence-electron chi connectivity index (χ2n) is 8.03. The van der Waals surface area contributed by atoms with E-state index in [0.29, 0.717) is 22.9 Å². The largest absolute Gasteiger partial charge is 0.457 e. The van der Waals surface area contributed by atoms with Crippen molar-refractivity contribution in [3.8, 4) is 11.5 Å². The molecule has 0 aromatic heterocycles. The van der Waals surface area contributed by atoms with Crippen LogP contribution in [0.25, 0.3) is 0 Å². The molecule has 4 aromatic rings. The monoisotopic (exact) mass is 486 g/mol. The minimum atomic E-state index is -3.97. The molecule has 0 aliphatic carbocycles. The molecule has 0 saturated heterocycles. The van der Waals surface area contributed by atoms with Gasteiger partial charge in [0.25, 0.3) is 10.0 Å². The Labute approximate surface area is 205 Å². The van der Waals surface area contributed by atoms with Crippen molar-refractivity contribution in [1.82, 2.24) is 0 Å². The molecule has 4 aromatic carbocycles. The molecule has 35 heavy (non-hydrogen) atoms. The number of hydrogen-bond acceptors (Lipinski definition) is 4. The highest BCUT2D eigenvalue weighted by molar-refractivity contribution is 7.92. The fourth-order valence-electron chi connectivity index (χ4n) is 3.59. The molecule has 1 amide bonds. The van der Waals surface area contributed by atoms with Crippen molar-refractivity contribution in [2.24, 2.45) is 0 Å². The Morgan fingerprint density at radius 2 is 1.37 bits per heavy atom. The fraction of sp³-hybridized carbons (Fsp3) is 0.107. The molecular weight excluding hydrogens is 460 g/mol. The molecule has 0 fully saturated rings. The van der Waals surface area contributed by atoms with E-state index in [4.69, 9.17) is 4.74 Å². The molecule has 0 aliphatic heterocycles. The number of carbonyl (C=O) groups is 1. The van der Waals surface area contributed by atoms with Crippen LogP contribution in [-0.2, 0) is 14.8 Å². The normalized spacial score (nSPS) is 11.0. The van der Waals surface area contributed by atoms with Crippen molar-refractivity contribution in [2.75, 3.05) is 16.2 Å². The third-order valence-electron chi connectivity index (χ3n) is 5.58. The highest BCUT2D eigenvalue weighted by Gasteiger charge is 2.28. The summed E-state index contributed by atoms with van der Waals surface area (Å²) in [6, 6.07) is 29.8. The summed E-state index contributed by atoms with van der Waals surface area (Å²) in [7, 11) is -3.97. The Morgan fingerprint density at radius 1 is 0.771 bits per heavy atom. The zero-order valence-corrected chi connectivity index (χ0v) is 20.3. The zero-order valence-electron chi connectivity index (χ0n) is 19.5. The number of amides is 1. The minimum Gasteiger partial charge on any atom is -0.457 e. The second kappa shape index (κ2) is 10.4. The topological polar surface area (TPSA) is 75.7 Å².